The molecule has 0 fully saturated rings. The van der Waals surface area contributed by atoms with Gasteiger partial charge in [0.15, 0.2) is 12.4 Å². The van der Waals surface area contributed by atoms with E-state index in [1.54, 1.807) is 48.5 Å². The fourth-order valence-electron chi connectivity index (χ4n) is 2.05. The number of carboxylic acids is 1. The number of ketones is 1. The number of Topliss-reactive ketones (excluding diaryl/α,β-unsaturated/α-hetero) is 1. The number of aliphatic carboxylic acids is 1. The van der Waals surface area contributed by atoms with E-state index in [0.717, 1.165) is 0 Å². The Morgan fingerprint density at radius 2 is 1.65 bits per heavy atom. The van der Waals surface area contributed by atoms with Gasteiger partial charge in [0.25, 0.3) is 0 Å². The van der Waals surface area contributed by atoms with Crippen LogP contribution in [0.2, 0.25) is 0 Å². The third-order valence-electron chi connectivity index (χ3n) is 3.25. The first-order valence-electron chi connectivity index (χ1n) is 6.77. The van der Waals surface area contributed by atoms with E-state index in [1.807, 2.05) is 6.07 Å². The van der Waals surface area contributed by atoms with Gasteiger partial charge in [-0.05, 0) is 17.7 Å². The van der Waals surface area contributed by atoms with E-state index < -0.39 is 17.5 Å². The van der Waals surface area contributed by atoms with Gasteiger partial charge >= 0.3 is 5.97 Å². The Balaban J connectivity index is 2.25. The maximum absolute atomic E-state index is 12.7. The molecule has 120 valence electrons. The number of carboxylic acid groups (broad SMARTS) is 1. The Kier molecular flexibility index (Phi) is 5.64. The van der Waals surface area contributed by atoms with Crippen LogP contribution in [0.5, 0.6) is 5.75 Å². The van der Waals surface area contributed by atoms with E-state index in [2.05, 4.69) is 0 Å². The van der Waals surface area contributed by atoms with Crippen molar-refractivity contribution in [2.45, 2.75) is 4.87 Å². The normalized spacial score (nSPS) is 13.1. The summed E-state index contributed by atoms with van der Waals surface area (Å²) in [6.07, 6.45) is 0. The third kappa shape index (κ3) is 4.03. The van der Waals surface area contributed by atoms with Crippen molar-refractivity contribution in [1.82, 2.24) is 0 Å². The summed E-state index contributed by atoms with van der Waals surface area (Å²) in [4.78, 5) is 21.8. The fourth-order valence-corrected chi connectivity index (χ4v) is 2.56. The summed E-state index contributed by atoms with van der Waals surface area (Å²) < 4.78 is 5.05. The molecule has 2 aromatic rings. The van der Waals surface area contributed by atoms with Crippen LogP contribution in [0.25, 0.3) is 0 Å². The molecule has 0 heterocycles. The molecule has 0 bridgehead atoms. The number of alkyl halides is 2. The van der Waals surface area contributed by atoms with Gasteiger partial charge in [0.2, 0.25) is 0 Å². The predicted octanol–water partition coefficient (Wildman–Crippen LogP) is 3.71. The SMILES string of the molecule is O=C(O)COc1ccc(C(Cl)(CCl)C(=O)c2ccccc2)cc1. The van der Waals surface area contributed by atoms with E-state index in [9.17, 15) is 9.59 Å². The van der Waals surface area contributed by atoms with E-state index in [4.69, 9.17) is 33.0 Å². The summed E-state index contributed by atoms with van der Waals surface area (Å²) >= 11 is 12.5. The van der Waals surface area contributed by atoms with E-state index in [0.29, 0.717) is 16.9 Å². The van der Waals surface area contributed by atoms with Gasteiger partial charge < -0.3 is 9.84 Å². The van der Waals surface area contributed by atoms with Crippen molar-refractivity contribution in [3.63, 3.8) is 0 Å². The largest absolute Gasteiger partial charge is 0.482 e. The molecule has 23 heavy (non-hydrogen) atoms. The number of rotatable bonds is 7. The molecule has 4 nitrogen and oxygen atoms in total. The van der Waals surface area contributed by atoms with E-state index in [1.165, 1.54) is 0 Å². The van der Waals surface area contributed by atoms with Crippen LogP contribution in [0.3, 0.4) is 0 Å². The average Bonchev–Trinajstić information content (AvgIpc) is 2.59. The maximum Gasteiger partial charge on any atom is 0.341 e. The van der Waals surface area contributed by atoms with E-state index >= 15 is 0 Å². The van der Waals surface area contributed by atoms with Crippen molar-refractivity contribution in [2.75, 3.05) is 12.5 Å². The Morgan fingerprint density at radius 3 is 2.17 bits per heavy atom. The number of benzene rings is 2. The quantitative estimate of drug-likeness (QED) is 0.609. The molecule has 0 aromatic heterocycles. The zero-order chi connectivity index (χ0) is 16.9. The van der Waals surface area contributed by atoms with Crippen LogP contribution in [-0.4, -0.2) is 29.3 Å². The summed E-state index contributed by atoms with van der Waals surface area (Å²) in [5.74, 6) is -1.09. The van der Waals surface area contributed by atoms with Gasteiger partial charge in [0.1, 0.15) is 10.6 Å². The molecule has 1 atom stereocenters. The first-order chi connectivity index (χ1) is 11.0. The third-order valence-corrected chi connectivity index (χ3v) is 4.32. The second-order valence-corrected chi connectivity index (χ2v) is 5.75. The van der Waals surface area contributed by atoms with Gasteiger partial charge in [-0.25, -0.2) is 4.79 Å². The lowest BCUT2D eigenvalue weighted by Gasteiger charge is -2.24. The number of carbonyl (C=O) groups excluding carboxylic acids is 1. The van der Waals surface area contributed by atoms with Gasteiger partial charge in [-0.2, -0.15) is 0 Å². The molecular weight excluding hydrogens is 339 g/mol. The molecule has 0 radical (unpaired) electrons. The maximum atomic E-state index is 12.7. The minimum absolute atomic E-state index is 0.0996. The second-order valence-electron chi connectivity index (χ2n) is 4.84. The van der Waals surface area contributed by atoms with Crippen LogP contribution in [0, 0.1) is 0 Å². The first-order valence-corrected chi connectivity index (χ1v) is 7.68. The summed E-state index contributed by atoms with van der Waals surface area (Å²) in [6.45, 7) is -0.441. The molecule has 0 saturated heterocycles. The van der Waals surface area contributed by atoms with Gasteiger partial charge in [0, 0.05) is 5.56 Å². The van der Waals surface area contributed by atoms with E-state index in [-0.39, 0.29) is 11.7 Å². The number of hydrogen-bond donors (Lipinski definition) is 1. The minimum Gasteiger partial charge on any atom is -0.482 e. The smallest absolute Gasteiger partial charge is 0.341 e. The highest BCUT2D eigenvalue weighted by atomic mass is 35.5. The summed E-state index contributed by atoms with van der Waals surface area (Å²) in [7, 11) is 0. The molecule has 0 saturated carbocycles. The summed E-state index contributed by atoms with van der Waals surface area (Å²) in [6, 6.07) is 15.0. The first kappa shape index (κ1) is 17.3. The fraction of sp³-hybridized carbons (Fsp3) is 0.176. The highest BCUT2D eigenvalue weighted by Crippen LogP contribution is 2.35. The number of halogens is 2. The number of ether oxygens (including phenoxy) is 1. The number of hydrogen-bond acceptors (Lipinski definition) is 3. The Hall–Kier alpha value is -2.04. The van der Waals surface area contributed by atoms with Gasteiger partial charge in [-0.1, -0.05) is 42.5 Å². The van der Waals surface area contributed by atoms with Crippen molar-refractivity contribution >= 4 is 35.0 Å². The van der Waals surface area contributed by atoms with Crippen molar-refractivity contribution in [3.05, 3.63) is 65.7 Å². The molecule has 0 spiro atoms. The lowest BCUT2D eigenvalue weighted by atomic mass is 9.91. The zero-order valence-electron chi connectivity index (χ0n) is 12.0. The van der Waals surface area contributed by atoms with Crippen molar-refractivity contribution in [1.29, 1.82) is 0 Å². The minimum atomic E-state index is -1.39. The molecule has 0 amide bonds. The standard InChI is InChI=1S/C17H14Cl2O4/c18-11-17(19,16(22)12-4-2-1-3-5-12)13-6-8-14(9-7-13)23-10-15(20)21/h1-9H,10-11H2,(H,20,21). The van der Waals surface area contributed by atoms with Crippen LogP contribution in [0.15, 0.2) is 54.6 Å². The summed E-state index contributed by atoms with van der Waals surface area (Å²) in [5, 5.41) is 8.59. The molecule has 2 aromatic carbocycles. The molecule has 1 N–H and O–H groups in total. The summed E-state index contributed by atoms with van der Waals surface area (Å²) in [5.41, 5.74) is 0.986. The lowest BCUT2D eigenvalue weighted by molar-refractivity contribution is -0.139. The van der Waals surface area contributed by atoms with Gasteiger partial charge in [-0.3, -0.25) is 4.79 Å². The Bertz CT molecular complexity index is 685. The molecule has 1 unspecified atom stereocenters. The zero-order valence-corrected chi connectivity index (χ0v) is 13.6. The molecular formula is C17H14Cl2O4. The van der Waals surface area contributed by atoms with Gasteiger partial charge in [-0.15, -0.1) is 23.2 Å². The van der Waals surface area contributed by atoms with Crippen molar-refractivity contribution < 1.29 is 19.4 Å². The second kappa shape index (κ2) is 7.49. The highest BCUT2D eigenvalue weighted by molar-refractivity contribution is 6.42. The molecule has 0 aliphatic heterocycles. The van der Waals surface area contributed by atoms with Crippen molar-refractivity contribution in [3.8, 4) is 5.75 Å². The van der Waals surface area contributed by atoms with Crippen LogP contribution < -0.4 is 4.74 Å². The Labute approximate surface area is 143 Å². The average molecular weight is 353 g/mol. The van der Waals surface area contributed by atoms with Crippen LogP contribution >= 0.6 is 23.2 Å². The number of carbonyl (C=O) groups is 2. The molecule has 0 aliphatic rings. The Morgan fingerprint density at radius 1 is 1.04 bits per heavy atom. The monoisotopic (exact) mass is 352 g/mol. The van der Waals surface area contributed by atoms with Crippen LogP contribution in [-0.2, 0) is 9.67 Å². The topological polar surface area (TPSA) is 63.6 Å². The highest BCUT2D eigenvalue weighted by Gasteiger charge is 2.37. The lowest BCUT2D eigenvalue weighted by Crippen LogP contribution is -2.32. The molecule has 0 aliphatic carbocycles. The van der Waals surface area contributed by atoms with Gasteiger partial charge in [0.05, 0.1) is 5.88 Å². The van der Waals surface area contributed by atoms with Crippen molar-refractivity contribution in [2.24, 2.45) is 0 Å². The molecule has 6 heteroatoms. The van der Waals surface area contributed by atoms with Crippen LogP contribution in [0.1, 0.15) is 15.9 Å². The van der Waals surface area contributed by atoms with Crippen LogP contribution in [0.4, 0.5) is 0 Å². The predicted molar refractivity (Wildman–Crippen MR) is 88.6 cm³/mol. The molecule has 2 rings (SSSR count).